The zero-order valence-electron chi connectivity index (χ0n) is 24.7. The predicted octanol–water partition coefficient (Wildman–Crippen LogP) is 8.29. The van der Waals surface area contributed by atoms with Crippen molar-refractivity contribution in [1.29, 1.82) is 0 Å². The zero-order valence-corrected chi connectivity index (χ0v) is 26.4. The first-order chi connectivity index (χ1) is 20.0. The van der Waals surface area contributed by atoms with Gasteiger partial charge in [0.25, 0.3) is 0 Å². The molecule has 2 aliphatic rings. The summed E-state index contributed by atoms with van der Waals surface area (Å²) in [6, 6.07) is 11.3. The van der Waals surface area contributed by atoms with E-state index in [1.807, 2.05) is 43.4 Å². The number of aromatic hydroxyl groups is 2. The minimum absolute atomic E-state index is 0.00262. The summed E-state index contributed by atoms with van der Waals surface area (Å²) in [5.41, 5.74) is 3.21. The molecule has 0 aromatic heterocycles. The van der Waals surface area contributed by atoms with Gasteiger partial charge >= 0.3 is 5.97 Å². The lowest BCUT2D eigenvalue weighted by molar-refractivity contribution is -0.147. The van der Waals surface area contributed by atoms with Crippen LogP contribution in [-0.4, -0.2) is 44.9 Å². The number of ether oxygens (including phenoxy) is 1. The van der Waals surface area contributed by atoms with Gasteiger partial charge in [-0.2, -0.15) is 0 Å². The number of Topliss-reactive ketones (excluding diaryl/α,β-unsaturated/α-hetero) is 1. The molecule has 6 nitrogen and oxygen atoms in total. The van der Waals surface area contributed by atoms with Crippen molar-refractivity contribution in [2.24, 2.45) is 0 Å². The van der Waals surface area contributed by atoms with Crippen molar-refractivity contribution in [2.75, 3.05) is 5.75 Å². The number of thioether (sulfide) groups is 2. The molecule has 42 heavy (non-hydrogen) atoms. The van der Waals surface area contributed by atoms with Crippen LogP contribution in [0.4, 0.5) is 0 Å². The Bertz CT molecular complexity index is 1370. The first kappa shape index (κ1) is 32.0. The number of fused-ring (bicyclic) bond motifs is 1. The zero-order chi connectivity index (χ0) is 30.4. The molecule has 2 aromatic rings. The summed E-state index contributed by atoms with van der Waals surface area (Å²) in [7, 11) is 0. The van der Waals surface area contributed by atoms with Crippen LogP contribution in [0.2, 0.25) is 0 Å². The molecule has 3 atom stereocenters. The van der Waals surface area contributed by atoms with E-state index in [0.717, 1.165) is 36.7 Å². The molecular weight excluding hydrogens is 569 g/mol. The Labute approximate surface area is 257 Å². The molecule has 224 valence electrons. The van der Waals surface area contributed by atoms with E-state index in [-0.39, 0.29) is 35.3 Å². The molecule has 2 aromatic carbocycles. The lowest BCUT2D eigenvalue weighted by Crippen LogP contribution is -2.29. The van der Waals surface area contributed by atoms with Crippen molar-refractivity contribution in [3.05, 3.63) is 82.0 Å². The first-order valence-electron chi connectivity index (χ1n) is 14.6. The average molecular weight is 609 g/mol. The predicted molar refractivity (Wildman–Crippen MR) is 171 cm³/mol. The number of ketones is 2. The molecule has 1 heterocycles. The number of esters is 1. The van der Waals surface area contributed by atoms with Crippen LogP contribution in [0.15, 0.2) is 59.7 Å². The number of phenolic OH excluding ortho intramolecular Hbond substituents is 2. The Hall–Kier alpha value is -2.97. The van der Waals surface area contributed by atoms with Gasteiger partial charge < -0.3 is 14.9 Å². The number of carbonyl (C=O) groups is 3. The molecule has 8 heteroatoms. The van der Waals surface area contributed by atoms with Crippen molar-refractivity contribution in [3.8, 4) is 11.5 Å². The van der Waals surface area contributed by atoms with Gasteiger partial charge in [0.05, 0.1) is 15.7 Å². The van der Waals surface area contributed by atoms with Crippen LogP contribution < -0.4 is 0 Å². The van der Waals surface area contributed by atoms with Crippen LogP contribution in [0, 0.1) is 0 Å². The van der Waals surface area contributed by atoms with Crippen LogP contribution in [0.3, 0.4) is 0 Å². The van der Waals surface area contributed by atoms with Crippen LogP contribution >= 0.6 is 23.5 Å². The third-order valence-corrected chi connectivity index (χ3v) is 10.8. The van der Waals surface area contributed by atoms with Gasteiger partial charge in [-0.15, -0.1) is 23.5 Å². The molecule has 4 rings (SSSR count). The number of benzene rings is 2. The van der Waals surface area contributed by atoms with Gasteiger partial charge in [0, 0.05) is 23.7 Å². The van der Waals surface area contributed by atoms with Crippen LogP contribution in [-0.2, 0) is 9.53 Å². The Morgan fingerprint density at radius 3 is 2.38 bits per heavy atom. The van der Waals surface area contributed by atoms with Gasteiger partial charge in [-0.3, -0.25) is 14.4 Å². The van der Waals surface area contributed by atoms with E-state index in [2.05, 4.69) is 38.1 Å². The average Bonchev–Trinajstić information content (AvgIpc) is 2.96. The van der Waals surface area contributed by atoms with Gasteiger partial charge in [-0.25, -0.2) is 0 Å². The van der Waals surface area contributed by atoms with Crippen molar-refractivity contribution < 1.29 is 29.3 Å². The normalized spacial score (nSPS) is 19.2. The van der Waals surface area contributed by atoms with E-state index in [1.54, 1.807) is 0 Å². The molecule has 1 unspecified atom stereocenters. The number of unbranched alkanes of at least 4 members (excludes halogenated alkanes) is 1. The maximum Gasteiger partial charge on any atom is 0.306 e. The summed E-state index contributed by atoms with van der Waals surface area (Å²) in [5.74, 6) is -0.783. The number of hydrogen-bond donors (Lipinski definition) is 2. The Kier molecular flexibility index (Phi) is 11.0. The topological polar surface area (TPSA) is 101 Å². The molecule has 1 saturated heterocycles. The van der Waals surface area contributed by atoms with Gasteiger partial charge in [0.2, 0.25) is 0 Å². The second-order valence-electron chi connectivity index (χ2n) is 11.5. The molecule has 0 bridgehead atoms. The minimum atomic E-state index is -0.965. The number of phenols is 2. The molecular formula is C34H40O6S2. The van der Waals surface area contributed by atoms with E-state index in [4.69, 9.17) is 4.74 Å². The highest BCUT2D eigenvalue weighted by Crippen LogP contribution is 2.48. The first-order valence-corrected chi connectivity index (χ1v) is 16.6. The molecule has 2 N–H and O–H groups in total. The summed E-state index contributed by atoms with van der Waals surface area (Å²) in [5, 5.41) is 21.0. The van der Waals surface area contributed by atoms with Crippen LogP contribution in [0.25, 0.3) is 0 Å². The fourth-order valence-corrected chi connectivity index (χ4v) is 8.60. The van der Waals surface area contributed by atoms with Crippen molar-refractivity contribution in [1.82, 2.24) is 0 Å². The highest BCUT2D eigenvalue weighted by Gasteiger charge is 2.35. The maximum absolute atomic E-state index is 13.3. The maximum atomic E-state index is 13.3. The molecule has 0 saturated carbocycles. The van der Waals surface area contributed by atoms with Crippen LogP contribution in [0.5, 0.6) is 11.5 Å². The monoisotopic (exact) mass is 608 g/mol. The molecule has 1 aliphatic carbocycles. The van der Waals surface area contributed by atoms with E-state index in [9.17, 15) is 24.6 Å². The number of allylic oxidation sites excluding steroid dienone is 2. The quantitative estimate of drug-likeness (QED) is 0.114. The smallest absolute Gasteiger partial charge is 0.306 e. The minimum Gasteiger partial charge on any atom is -0.507 e. The third kappa shape index (κ3) is 7.90. The summed E-state index contributed by atoms with van der Waals surface area (Å²) in [4.78, 5) is 39.0. The van der Waals surface area contributed by atoms with Crippen LogP contribution in [0.1, 0.15) is 109 Å². The summed E-state index contributed by atoms with van der Waals surface area (Å²) < 4.78 is 6.19. The molecule has 1 aliphatic heterocycles. The Balaban J connectivity index is 1.32. The van der Waals surface area contributed by atoms with Gasteiger partial charge in [-0.05, 0) is 74.1 Å². The summed E-state index contributed by atoms with van der Waals surface area (Å²) in [6.45, 7) is 8.21. The second kappa shape index (κ2) is 14.5. The fraction of sp³-hybridized carbons (Fsp3) is 0.441. The lowest BCUT2D eigenvalue weighted by atomic mass is 9.85. The lowest BCUT2D eigenvalue weighted by Gasteiger charge is -2.29. The van der Waals surface area contributed by atoms with E-state index in [1.165, 1.54) is 23.3 Å². The third-order valence-electron chi connectivity index (χ3n) is 7.60. The van der Waals surface area contributed by atoms with Crippen molar-refractivity contribution in [3.63, 3.8) is 0 Å². The molecule has 0 spiro atoms. The highest BCUT2D eigenvalue weighted by atomic mass is 32.2. The SMILES string of the molecule is CC(C)=CC[C@@H](OC(=O)CCCC[C@@H]1CCSC(c2ccc(C(C)C)cc2)S1)C1=CC(=O)c2c(O)ccc(O)c2C1=O. The van der Waals surface area contributed by atoms with Gasteiger partial charge in [-0.1, -0.05) is 56.2 Å². The van der Waals surface area contributed by atoms with Crippen molar-refractivity contribution in [2.45, 2.75) is 88.1 Å². The Morgan fingerprint density at radius 1 is 1.02 bits per heavy atom. The number of rotatable bonds is 11. The number of hydrogen-bond acceptors (Lipinski definition) is 8. The molecule has 0 radical (unpaired) electrons. The van der Waals surface area contributed by atoms with Gasteiger partial charge in [0.15, 0.2) is 11.6 Å². The second-order valence-corrected chi connectivity index (χ2v) is 14.4. The molecule has 0 amide bonds. The van der Waals surface area contributed by atoms with E-state index >= 15 is 0 Å². The fourth-order valence-electron chi connectivity index (χ4n) is 5.18. The van der Waals surface area contributed by atoms with Gasteiger partial charge in [0.1, 0.15) is 17.6 Å². The van der Waals surface area contributed by atoms with Crippen molar-refractivity contribution >= 4 is 41.1 Å². The van der Waals surface area contributed by atoms with E-state index in [0.29, 0.717) is 22.2 Å². The summed E-state index contributed by atoms with van der Waals surface area (Å²) >= 11 is 4.02. The molecule has 1 fully saturated rings. The Morgan fingerprint density at radius 2 is 1.71 bits per heavy atom. The largest absolute Gasteiger partial charge is 0.507 e. The van der Waals surface area contributed by atoms with E-state index < -0.39 is 29.4 Å². The number of carbonyl (C=O) groups excluding carboxylic acids is 3. The summed E-state index contributed by atoms with van der Waals surface area (Å²) in [6.07, 6.45) is 6.19. The standard InChI is InChI=1S/C34H40O6S2/c1-20(2)9-16-29(25-19-28(37)31-26(35)14-15-27(36)32(31)33(25)39)40-30(38)8-6-5-7-24-17-18-41-34(42-24)23-12-10-22(11-13-23)21(3)4/h9-15,19,21,24,29,34-36H,5-8,16-18H2,1-4H3/t24-,29-,34?/m1/s1. The highest BCUT2D eigenvalue weighted by molar-refractivity contribution is 8.17.